The van der Waals surface area contributed by atoms with Crippen molar-refractivity contribution in [2.45, 2.75) is 27.0 Å². The number of furan rings is 1. The normalized spacial score (nSPS) is 11.7. The van der Waals surface area contributed by atoms with Gasteiger partial charge in [-0.3, -0.25) is 0 Å². The number of oxime groups is 1. The molecule has 1 aromatic carbocycles. The fourth-order valence-corrected chi connectivity index (χ4v) is 3.67. The zero-order valence-electron chi connectivity index (χ0n) is 18.0. The van der Waals surface area contributed by atoms with Crippen LogP contribution in [-0.2, 0) is 18.0 Å². The minimum absolute atomic E-state index is 0.154. The smallest absolute Gasteiger partial charge is 0.192 e. The van der Waals surface area contributed by atoms with E-state index >= 15 is 0 Å². The third kappa shape index (κ3) is 3.58. The Bertz CT molecular complexity index is 1400. The van der Waals surface area contributed by atoms with Gasteiger partial charge in [0.2, 0.25) is 0 Å². The van der Waals surface area contributed by atoms with Crippen molar-refractivity contribution < 1.29 is 14.0 Å². The van der Waals surface area contributed by atoms with E-state index in [0.717, 1.165) is 45.0 Å². The molecule has 0 unspecified atom stereocenters. The average molecular weight is 430 g/mol. The first-order chi connectivity index (χ1) is 15.6. The number of benzene rings is 1. The number of hydrogen-bond donors (Lipinski definition) is 0. The molecule has 0 bridgehead atoms. The summed E-state index contributed by atoms with van der Waals surface area (Å²) in [6, 6.07) is 11.4. The Labute approximate surface area is 183 Å². The first-order valence-electron chi connectivity index (χ1n) is 10.2. The number of ether oxygens (including phenoxy) is 1. The topological polar surface area (TPSA) is 92.0 Å². The van der Waals surface area contributed by atoms with E-state index in [1.54, 1.807) is 30.4 Å². The first kappa shape index (κ1) is 19.8. The summed E-state index contributed by atoms with van der Waals surface area (Å²) >= 11 is 0. The number of methoxy groups -OCH3 is 1. The lowest BCUT2D eigenvalue weighted by molar-refractivity contribution is 0.126. The molecule has 0 fully saturated rings. The van der Waals surface area contributed by atoms with Crippen molar-refractivity contribution in [1.29, 1.82) is 0 Å². The summed E-state index contributed by atoms with van der Waals surface area (Å²) in [5.74, 6) is 2.19. The Kier molecular flexibility index (Phi) is 5.06. The highest BCUT2D eigenvalue weighted by molar-refractivity contribution is 5.93. The van der Waals surface area contributed by atoms with Crippen LogP contribution in [0.4, 0.5) is 0 Å². The Balaban J connectivity index is 1.38. The Hall–Kier alpha value is -4.14. The van der Waals surface area contributed by atoms with Gasteiger partial charge in [0.25, 0.3) is 0 Å². The summed E-state index contributed by atoms with van der Waals surface area (Å²) in [6.45, 7) is 4.91. The third-order valence-electron chi connectivity index (χ3n) is 5.47. The van der Waals surface area contributed by atoms with Crippen LogP contribution in [0.1, 0.15) is 28.4 Å². The SMILES string of the molecule is COc1ccc(/C=N\OCc2nc3c4c(C)c(C)n(Cc5ccco5)c4ncn3n2)cc1. The molecule has 0 N–H and O–H groups in total. The molecule has 32 heavy (non-hydrogen) atoms. The molecule has 0 amide bonds. The summed E-state index contributed by atoms with van der Waals surface area (Å²) in [5.41, 5.74) is 4.72. The van der Waals surface area contributed by atoms with Gasteiger partial charge < -0.3 is 18.6 Å². The van der Waals surface area contributed by atoms with Crippen molar-refractivity contribution >= 4 is 22.9 Å². The van der Waals surface area contributed by atoms with Gasteiger partial charge in [-0.2, -0.15) is 0 Å². The second-order valence-electron chi connectivity index (χ2n) is 7.40. The zero-order chi connectivity index (χ0) is 22.1. The monoisotopic (exact) mass is 430 g/mol. The molecule has 0 saturated heterocycles. The predicted molar refractivity (Wildman–Crippen MR) is 119 cm³/mol. The molecule has 9 nitrogen and oxygen atoms in total. The lowest BCUT2D eigenvalue weighted by Gasteiger charge is -2.05. The number of aromatic nitrogens is 5. The van der Waals surface area contributed by atoms with E-state index in [4.69, 9.17) is 14.0 Å². The van der Waals surface area contributed by atoms with E-state index in [1.165, 1.54) is 0 Å². The Morgan fingerprint density at radius 2 is 1.97 bits per heavy atom. The molecular weight excluding hydrogens is 408 g/mol. The zero-order valence-corrected chi connectivity index (χ0v) is 18.0. The molecule has 4 aromatic heterocycles. The molecule has 5 aromatic rings. The summed E-state index contributed by atoms with van der Waals surface area (Å²) in [4.78, 5) is 14.7. The minimum Gasteiger partial charge on any atom is -0.497 e. The number of hydrogen-bond acceptors (Lipinski definition) is 7. The van der Waals surface area contributed by atoms with Gasteiger partial charge in [0, 0.05) is 5.69 Å². The Morgan fingerprint density at radius 3 is 2.72 bits per heavy atom. The van der Waals surface area contributed by atoms with Crippen LogP contribution in [-0.4, -0.2) is 37.5 Å². The van der Waals surface area contributed by atoms with Gasteiger partial charge in [-0.1, -0.05) is 5.16 Å². The lowest BCUT2D eigenvalue weighted by Crippen LogP contribution is -2.02. The van der Waals surface area contributed by atoms with Gasteiger partial charge in [0.15, 0.2) is 18.1 Å². The molecule has 4 heterocycles. The fourth-order valence-electron chi connectivity index (χ4n) is 3.67. The predicted octanol–water partition coefficient (Wildman–Crippen LogP) is 3.90. The average Bonchev–Trinajstić information content (AvgIpc) is 3.53. The minimum atomic E-state index is 0.154. The van der Waals surface area contributed by atoms with E-state index in [2.05, 4.69) is 38.6 Å². The Morgan fingerprint density at radius 1 is 1.12 bits per heavy atom. The number of nitrogens with zero attached hydrogens (tertiary/aromatic N) is 6. The summed E-state index contributed by atoms with van der Waals surface area (Å²) in [5, 5.41) is 9.47. The van der Waals surface area contributed by atoms with Crippen LogP contribution in [0, 0.1) is 13.8 Å². The molecule has 0 atom stereocenters. The van der Waals surface area contributed by atoms with Crippen molar-refractivity contribution in [3.8, 4) is 5.75 Å². The van der Waals surface area contributed by atoms with Crippen molar-refractivity contribution in [1.82, 2.24) is 24.1 Å². The second kappa shape index (κ2) is 8.18. The van der Waals surface area contributed by atoms with Crippen molar-refractivity contribution in [2.24, 2.45) is 5.16 Å². The van der Waals surface area contributed by atoms with Gasteiger partial charge in [-0.05, 0) is 61.4 Å². The fraction of sp³-hybridized carbons (Fsp3) is 0.217. The molecule has 162 valence electrons. The largest absolute Gasteiger partial charge is 0.497 e. The maximum atomic E-state index is 5.52. The van der Waals surface area contributed by atoms with Crippen LogP contribution < -0.4 is 4.74 Å². The third-order valence-corrected chi connectivity index (χ3v) is 5.47. The highest BCUT2D eigenvalue weighted by Gasteiger charge is 2.18. The van der Waals surface area contributed by atoms with Crippen molar-refractivity contribution in [3.05, 3.63) is 77.4 Å². The van der Waals surface area contributed by atoms with E-state index in [0.29, 0.717) is 12.4 Å². The van der Waals surface area contributed by atoms with Crippen LogP contribution in [0.25, 0.3) is 16.7 Å². The van der Waals surface area contributed by atoms with E-state index in [1.807, 2.05) is 36.4 Å². The van der Waals surface area contributed by atoms with E-state index in [-0.39, 0.29) is 6.61 Å². The van der Waals surface area contributed by atoms with E-state index < -0.39 is 0 Å². The van der Waals surface area contributed by atoms with Crippen LogP contribution in [0.2, 0.25) is 0 Å². The van der Waals surface area contributed by atoms with Crippen LogP contribution in [0.3, 0.4) is 0 Å². The number of fused-ring (bicyclic) bond motifs is 3. The highest BCUT2D eigenvalue weighted by atomic mass is 16.6. The van der Waals surface area contributed by atoms with Crippen LogP contribution in [0.5, 0.6) is 5.75 Å². The quantitative estimate of drug-likeness (QED) is 0.287. The molecule has 0 aliphatic rings. The standard InChI is InChI=1S/C23H22N6O3/c1-15-16(2)28(12-19-5-4-10-31-19)22-21(15)23-26-20(27-29(23)14-24-22)13-32-25-11-17-6-8-18(30-3)9-7-17/h4-11,14H,12-13H2,1-3H3/b25-11-. The maximum Gasteiger partial charge on any atom is 0.192 e. The van der Waals surface area contributed by atoms with Crippen molar-refractivity contribution in [3.63, 3.8) is 0 Å². The summed E-state index contributed by atoms with van der Waals surface area (Å²) in [7, 11) is 1.63. The maximum absolute atomic E-state index is 5.52. The molecule has 0 aliphatic carbocycles. The molecule has 9 heteroatoms. The van der Waals surface area contributed by atoms with Crippen LogP contribution >= 0.6 is 0 Å². The van der Waals surface area contributed by atoms with Gasteiger partial charge in [0.05, 0.1) is 31.5 Å². The molecule has 0 aliphatic heterocycles. The van der Waals surface area contributed by atoms with Gasteiger partial charge in [-0.25, -0.2) is 14.5 Å². The molecule has 0 saturated carbocycles. The molecular formula is C23H22N6O3. The molecule has 5 rings (SSSR count). The molecule has 0 spiro atoms. The summed E-state index contributed by atoms with van der Waals surface area (Å²) in [6.07, 6.45) is 4.99. The number of aryl methyl sites for hydroxylation is 1. The van der Waals surface area contributed by atoms with Gasteiger partial charge in [-0.15, -0.1) is 5.10 Å². The van der Waals surface area contributed by atoms with E-state index in [9.17, 15) is 0 Å². The van der Waals surface area contributed by atoms with Crippen molar-refractivity contribution in [2.75, 3.05) is 7.11 Å². The van der Waals surface area contributed by atoms with Gasteiger partial charge >= 0.3 is 0 Å². The second-order valence-corrected chi connectivity index (χ2v) is 7.40. The van der Waals surface area contributed by atoms with Crippen LogP contribution in [0.15, 0.2) is 58.6 Å². The molecule has 0 radical (unpaired) electrons. The first-order valence-corrected chi connectivity index (χ1v) is 10.2. The highest BCUT2D eigenvalue weighted by Crippen LogP contribution is 2.27. The summed E-state index contributed by atoms with van der Waals surface area (Å²) < 4.78 is 14.5. The lowest BCUT2D eigenvalue weighted by atomic mass is 10.2. The van der Waals surface area contributed by atoms with Gasteiger partial charge in [0.1, 0.15) is 23.5 Å². The number of rotatable bonds is 7.